The van der Waals surface area contributed by atoms with Crippen molar-refractivity contribution >= 4 is 33.9 Å². The smallest absolute Gasteiger partial charge is 0.290 e. The molecule has 4 aromatic rings. The molecule has 1 unspecified atom stereocenters. The number of aromatic amines is 1. The molecular formula is C26H22FN3O3S. The molecule has 0 radical (unpaired) electrons. The predicted molar refractivity (Wildman–Crippen MR) is 128 cm³/mol. The Kier molecular flexibility index (Phi) is 5.32. The number of thiazole rings is 1. The number of benzene rings is 2. The van der Waals surface area contributed by atoms with E-state index >= 15 is 0 Å². The number of carbonyl (C=O) groups excluding carboxylic acids is 2. The minimum Gasteiger partial charge on any atom is -0.503 e. The number of hydrogen-bond acceptors (Lipinski definition) is 5. The molecule has 6 nitrogen and oxygen atoms in total. The number of amides is 1. The van der Waals surface area contributed by atoms with Crippen molar-refractivity contribution in [1.29, 1.82) is 0 Å². The topological polar surface area (TPSA) is 86.3 Å². The summed E-state index contributed by atoms with van der Waals surface area (Å²) >= 11 is 1.24. The summed E-state index contributed by atoms with van der Waals surface area (Å²) < 4.78 is 13.5. The molecule has 0 saturated carbocycles. The summed E-state index contributed by atoms with van der Waals surface area (Å²) in [6.45, 7) is 5.54. The summed E-state index contributed by atoms with van der Waals surface area (Å²) in [7, 11) is 0. The van der Waals surface area contributed by atoms with Crippen LogP contribution >= 0.6 is 11.3 Å². The largest absolute Gasteiger partial charge is 0.503 e. The molecule has 1 amide bonds. The molecule has 34 heavy (non-hydrogen) atoms. The summed E-state index contributed by atoms with van der Waals surface area (Å²) in [5, 5.41) is 12.6. The summed E-state index contributed by atoms with van der Waals surface area (Å²) in [4.78, 5) is 36.6. The second kappa shape index (κ2) is 8.22. The van der Waals surface area contributed by atoms with Crippen molar-refractivity contribution in [1.82, 2.24) is 14.9 Å². The molecule has 0 spiro atoms. The van der Waals surface area contributed by atoms with E-state index in [9.17, 15) is 19.1 Å². The predicted octanol–water partition coefficient (Wildman–Crippen LogP) is 5.47. The third-order valence-electron chi connectivity index (χ3n) is 6.14. The Morgan fingerprint density at radius 1 is 1.15 bits per heavy atom. The summed E-state index contributed by atoms with van der Waals surface area (Å²) in [5.74, 6) is -1.99. The Balaban J connectivity index is 1.69. The van der Waals surface area contributed by atoms with Gasteiger partial charge >= 0.3 is 0 Å². The van der Waals surface area contributed by atoms with Crippen molar-refractivity contribution < 1.29 is 19.1 Å². The quantitative estimate of drug-likeness (QED) is 0.375. The summed E-state index contributed by atoms with van der Waals surface area (Å²) in [6.07, 6.45) is 0. The maximum Gasteiger partial charge on any atom is 0.290 e. The van der Waals surface area contributed by atoms with Crippen LogP contribution in [0.25, 0.3) is 10.9 Å². The van der Waals surface area contributed by atoms with Crippen LogP contribution in [-0.2, 0) is 11.3 Å². The van der Waals surface area contributed by atoms with Gasteiger partial charge in [0.05, 0.1) is 27.2 Å². The lowest BCUT2D eigenvalue weighted by Gasteiger charge is -2.27. The number of halogens is 1. The summed E-state index contributed by atoms with van der Waals surface area (Å²) in [6, 6.07) is 12.7. The lowest BCUT2D eigenvalue weighted by Crippen LogP contribution is -2.31. The monoisotopic (exact) mass is 475 g/mol. The SMILES string of the molecule is Cc1nc(C)c(C(=O)C2=C(O)C(=O)N(Cc3ccc(F)cc3)C2c2c(C)[nH]c3ccccc23)s1. The first kappa shape index (κ1) is 22.0. The van der Waals surface area contributed by atoms with Gasteiger partial charge in [-0.3, -0.25) is 9.59 Å². The van der Waals surface area contributed by atoms with Gasteiger partial charge in [0.1, 0.15) is 5.82 Å². The molecule has 172 valence electrons. The Bertz CT molecular complexity index is 1480. The molecule has 1 aliphatic heterocycles. The van der Waals surface area contributed by atoms with Gasteiger partial charge in [-0.15, -0.1) is 11.3 Å². The molecule has 2 aromatic heterocycles. The number of nitrogens with one attached hydrogen (secondary N) is 1. The zero-order valence-electron chi connectivity index (χ0n) is 18.8. The molecule has 1 aliphatic rings. The first-order chi connectivity index (χ1) is 16.3. The number of para-hydroxylation sites is 1. The highest BCUT2D eigenvalue weighted by atomic mass is 32.1. The number of nitrogens with zero attached hydrogens (tertiary/aromatic N) is 2. The van der Waals surface area contributed by atoms with Crippen LogP contribution in [0.15, 0.2) is 59.9 Å². The van der Waals surface area contributed by atoms with E-state index < -0.39 is 23.5 Å². The average Bonchev–Trinajstić information content (AvgIpc) is 3.40. The number of aliphatic hydroxyl groups is 1. The van der Waals surface area contributed by atoms with E-state index in [-0.39, 0.29) is 17.9 Å². The van der Waals surface area contributed by atoms with Crippen LogP contribution in [-0.4, -0.2) is 31.7 Å². The van der Waals surface area contributed by atoms with E-state index in [2.05, 4.69) is 9.97 Å². The fourth-order valence-corrected chi connectivity index (χ4v) is 5.52. The standard InChI is InChI=1S/C26H22FN3O3S/c1-13-20(18-6-4-5-7-19(18)29-13)22-21(23(31)25-14(2)28-15(3)34-25)24(32)26(33)30(22)12-16-8-10-17(27)11-9-16/h4-11,22,29,32H,12H2,1-3H3. The Morgan fingerprint density at radius 2 is 1.85 bits per heavy atom. The van der Waals surface area contributed by atoms with Crippen molar-refractivity contribution in [3.05, 3.63) is 98.1 Å². The number of aliphatic hydroxyl groups excluding tert-OH is 1. The Morgan fingerprint density at radius 3 is 2.53 bits per heavy atom. The van der Waals surface area contributed by atoms with Crippen molar-refractivity contribution in [2.45, 2.75) is 33.4 Å². The van der Waals surface area contributed by atoms with E-state index in [1.165, 1.54) is 28.4 Å². The van der Waals surface area contributed by atoms with Gasteiger partial charge in [-0.2, -0.15) is 0 Å². The van der Waals surface area contributed by atoms with Crippen LogP contribution in [0.5, 0.6) is 0 Å². The molecule has 2 N–H and O–H groups in total. The molecule has 0 bridgehead atoms. The molecule has 8 heteroatoms. The second-order valence-electron chi connectivity index (χ2n) is 8.41. The first-order valence-electron chi connectivity index (χ1n) is 10.8. The highest BCUT2D eigenvalue weighted by Gasteiger charge is 2.46. The fourth-order valence-electron chi connectivity index (χ4n) is 4.65. The van der Waals surface area contributed by atoms with Gasteiger partial charge in [-0.1, -0.05) is 30.3 Å². The van der Waals surface area contributed by atoms with Crippen molar-refractivity contribution in [2.75, 3.05) is 0 Å². The number of rotatable bonds is 5. The zero-order valence-corrected chi connectivity index (χ0v) is 19.7. The van der Waals surface area contributed by atoms with Crippen molar-refractivity contribution in [3.8, 4) is 0 Å². The van der Waals surface area contributed by atoms with Gasteiger partial charge < -0.3 is 15.0 Å². The molecule has 3 heterocycles. The minimum atomic E-state index is -0.817. The lowest BCUT2D eigenvalue weighted by atomic mass is 9.92. The fraction of sp³-hybridized carbons (Fsp3) is 0.192. The van der Waals surface area contributed by atoms with Crippen LogP contribution in [0.3, 0.4) is 0 Å². The highest BCUT2D eigenvalue weighted by Crippen LogP contribution is 2.44. The number of H-pyrrole nitrogens is 1. The van der Waals surface area contributed by atoms with Gasteiger partial charge in [-0.25, -0.2) is 9.37 Å². The Hall–Kier alpha value is -3.78. The van der Waals surface area contributed by atoms with E-state index in [0.29, 0.717) is 16.1 Å². The normalized spacial score (nSPS) is 16.2. The van der Waals surface area contributed by atoms with Gasteiger partial charge in [0.25, 0.3) is 5.91 Å². The number of carbonyl (C=O) groups is 2. The molecule has 2 aromatic carbocycles. The van der Waals surface area contributed by atoms with Gasteiger partial charge in [0, 0.05) is 28.7 Å². The third kappa shape index (κ3) is 3.51. The highest BCUT2D eigenvalue weighted by molar-refractivity contribution is 7.14. The maximum absolute atomic E-state index is 13.7. The lowest BCUT2D eigenvalue weighted by molar-refractivity contribution is -0.130. The number of aryl methyl sites for hydroxylation is 3. The summed E-state index contributed by atoms with van der Waals surface area (Å²) in [5.41, 5.74) is 3.69. The number of Topliss-reactive ketones (excluding diaryl/α,β-unsaturated/α-hetero) is 1. The minimum absolute atomic E-state index is 0.0340. The van der Waals surface area contributed by atoms with Gasteiger partial charge in [0.15, 0.2) is 5.76 Å². The van der Waals surface area contributed by atoms with Crippen LogP contribution in [0.1, 0.15) is 43.2 Å². The number of aromatic nitrogens is 2. The number of fused-ring (bicyclic) bond motifs is 1. The van der Waals surface area contributed by atoms with E-state index in [0.717, 1.165) is 27.2 Å². The van der Waals surface area contributed by atoms with Gasteiger partial charge in [0.2, 0.25) is 5.78 Å². The Labute approximate surface area is 199 Å². The van der Waals surface area contributed by atoms with E-state index in [4.69, 9.17) is 0 Å². The van der Waals surface area contributed by atoms with Crippen LogP contribution in [0, 0.1) is 26.6 Å². The molecule has 5 rings (SSSR count). The van der Waals surface area contributed by atoms with E-state index in [1.54, 1.807) is 19.1 Å². The average molecular weight is 476 g/mol. The molecule has 0 saturated heterocycles. The first-order valence-corrected chi connectivity index (χ1v) is 11.6. The van der Waals surface area contributed by atoms with Gasteiger partial charge in [-0.05, 0) is 44.5 Å². The molecule has 1 atom stereocenters. The third-order valence-corrected chi connectivity index (χ3v) is 7.21. The van der Waals surface area contributed by atoms with E-state index in [1.807, 2.05) is 38.1 Å². The molecule has 0 fully saturated rings. The van der Waals surface area contributed by atoms with Crippen LogP contribution < -0.4 is 0 Å². The second-order valence-corrected chi connectivity index (χ2v) is 9.61. The number of ketones is 1. The molecule has 0 aliphatic carbocycles. The van der Waals surface area contributed by atoms with Crippen LogP contribution in [0.4, 0.5) is 4.39 Å². The zero-order chi connectivity index (χ0) is 24.1. The van der Waals surface area contributed by atoms with Crippen molar-refractivity contribution in [3.63, 3.8) is 0 Å². The van der Waals surface area contributed by atoms with Crippen molar-refractivity contribution in [2.24, 2.45) is 0 Å². The van der Waals surface area contributed by atoms with Crippen LogP contribution in [0.2, 0.25) is 0 Å². The number of hydrogen-bond donors (Lipinski definition) is 2. The maximum atomic E-state index is 13.7. The molecular weight excluding hydrogens is 453 g/mol.